The minimum atomic E-state index is -2.03. The molecule has 2 aromatic heterocycles. The fraction of sp³-hybridized carbons (Fsp3) is 0.111. The number of aromatic nitrogens is 3. The van der Waals surface area contributed by atoms with Crippen LogP contribution in [0.25, 0.3) is 72.5 Å². The van der Waals surface area contributed by atoms with E-state index in [1.54, 1.807) is 0 Å². The molecule has 0 spiro atoms. The molecule has 0 fully saturated rings. The largest absolute Gasteiger partial charge is 0.309 e. The molecule has 4 heteroatoms. The predicted molar refractivity (Wildman–Crippen MR) is 207 cm³/mol. The third-order valence-corrected chi connectivity index (χ3v) is 14.7. The molecule has 3 nitrogen and oxygen atoms in total. The van der Waals surface area contributed by atoms with Gasteiger partial charge in [0.2, 0.25) is 0 Å². The first-order chi connectivity index (χ1) is 23.8. The fourth-order valence-corrected chi connectivity index (χ4v) is 12.1. The van der Waals surface area contributed by atoms with Crippen molar-refractivity contribution in [3.63, 3.8) is 0 Å². The lowest BCUT2D eigenvalue weighted by molar-refractivity contribution is 0.664. The van der Waals surface area contributed by atoms with Crippen LogP contribution in [0, 0.1) is 0 Å². The summed E-state index contributed by atoms with van der Waals surface area (Å²) in [5, 5.41) is 5.32. The minimum absolute atomic E-state index is 0.146. The predicted octanol–water partition coefficient (Wildman–Crippen LogP) is 10.0. The molecular formula is C45H35N3Si. The maximum Gasteiger partial charge on any atom is 0.160 e. The Hall–Kier alpha value is -5.58. The van der Waals surface area contributed by atoms with Gasteiger partial charge in [0.05, 0.1) is 22.4 Å². The van der Waals surface area contributed by atoms with Crippen LogP contribution in [0.1, 0.15) is 25.0 Å². The molecule has 49 heavy (non-hydrogen) atoms. The molecule has 6 aromatic carbocycles. The molecule has 0 bridgehead atoms. The smallest absolute Gasteiger partial charge is 0.160 e. The Morgan fingerprint density at radius 2 is 1.27 bits per heavy atom. The topological polar surface area (TPSA) is 30.7 Å². The molecule has 1 aliphatic heterocycles. The Morgan fingerprint density at radius 3 is 2.12 bits per heavy atom. The summed E-state index contributed by atoms with van der Waals surface area (Å²) in [5.74, 6) is 0.764. The Balaban J connectivity index is 1.24. The van der Waals surface area contributed by atoms with Crippen molar-refractivity contribution < 1.29 is 0 Å². The second-order valence-corrected chi connectivity index (χ2v) is 18.9. The van der Waals surface area contributed by atoms with Crippen LogP contribution >= 0.6 is 0 Å². The molecule has 0 saturated heterocycles. The Morgan fingerprint density at radius 1 is 0.571 bits per heavy atom. The maximum absolute atomic E-state index is 5.43. The number of hydrogen-bond donors (Lipinski definition) is 0. The summed E-state index contributed by atoms with van der Waals surface area (Å²) >= 11 is 0. The number of benzene rings is 6. The van der Waals surface area contributed by atoms with Crippen molar-refractivity contribution in [2.75, 3.05) is 0 Å². The number of rotatable bonds is 3. The Kier molecular flexibility index (Phi) is 5.79. The van der Waals surface area contributed by atoms with Crippen molar-refractivity contribution in [2.45, 2.75) is 32.4 Å². The standard InChI is InChI=1S/C45H35N3Si/c1-45(2)36-22-11-8-19-31(36)33-25-26-34-32-20-9-12-23-37(32)48(42(34)39(33)45)30-18-14-17-29(27-30)44-46-40(28-15-6-5-7-16-28)43-41(47-44)35-21-10-13-24-38(35)49(43,3)4/h5-27H,1-4H3. The summed E-state index contributed by atoms with van der Waals surface area (Å²) in [6, 6.07) is 50.8. The van der Waals surface area contributed by atoms with Crippen molar-refractivity contribution >= 4 is 40.3 Å². The van der Waals surface area contributed by atoms with Crippen molar-refractivity contribution in [1.29, 1.82) is 0 Å². The molecule has 2 aliphatic rings. The van der Waals surface area contributed by atoms with E-state index in [4.69, 9.17) is 9.97 Å². The maximum atomic E-state index is 5.43. The van der Waals surface area contributed by atoms with Gasteiger partial charge in [-0.1, -0.05) is 148 Å². The van der Waals surface area contributed by atoms with Gasteiger partial charge in [-0.3, -0.25) is 0 Å². The van der Waals surface area contributed by atoms with Gasteiger partial charge >= 0.3 is 0 Å². The second-order valence-electron chi connectivity index (χ2n) is 14.6. The van der Waals surface area contributed by atoms with Crippen LogP contribution in [0.15, 0.2) is 140 Å². The summed E-state index contributed by atoms with van der Waals surface area (Å²) in [5.41, 5.74) is 14.5. The molecule has 0 radical (unpaired) electrons. The highest BCUT2D eigenvalue weighted by Gasteiger charge is 2.42. The highest BCUT2D eigenvalue weighted by Crippen LogP contribution is 2.53. The molecular weight excluding hydrogens is 611 g/mol. The van der Waals surface area contributed by atoms with Gasteiger partial charge in [-0.25, -0.2) is 9.97 Å². The zero-order chi connectivity index (χ0) is 33.1. The van der Waals surface area contributed by atoms with Gasteiger partial charge < -0.3 is 4.57 Å². The van der Waals surface area contributed by atoms with E-state index in [1.165, 1.54) is 60.0 Å². The van der Waals surface area contributed by atoms with Gasteiger partial charge in [0, 0.05) is 33.0 Å². The van der Waals surface area contributed by atoms with Crippen LogP contribution in [0.4, 0.5) is 0 Å². The molecule has 3 heterocycles. The van der Waals surface area contributed by atoms with Gasteiger partial charge in [0.1, 0.15) is 8.07 Å². The molecule has 10 rings (SSSR count). The second kappa shape index (κ2) is 9.97. The third kappa shape index (κ3) is 3.83. The zero-order valence-electron chi connectivity index (χ0n) is 28.1. The van der Waals surface area contributed by atoms with Crippen LogP contribution in [0.3, 0.4) is 0 Å². The average Bonchev–Trinajstić information content (AvgIpc) is 3.69. The Bertz CT molecular complexity index is 2660. The molecule has 0 atom stereocenters. The summed E-state index contributed by atoms with van der Waals surface area (Å²) in [4.78, 5) is 10.8. The molecule has 0 saturated carbocycles. The van der Waals surface area contributed by atoms with Gasteiger partial charge in [-0.05, 0) is 56.4 Å². The highest BCUT2D eigenvalue weighted by molar-refractivity contribution is 7.04. The fourth-order valence-electron chi connectivity index (χ4n) is 8.92. The summed E-state index contributed by atoms with van der Waals surface area (Å²) in [6.07, 6.45) is 0. The van der Waals surface area contributed by atoms with E-state index in [0.717, 1.165) is 34.0 Å². The summed E-state index contributed by atoms with van der Waals surface area (Å²) < 4.78 is 2.48. The Labute approximate surface area is 287 Å². The molecule has 0 N–H and O–H groups in total. The summed E-state index contributed by atoms with van der Waals surface area (Å²) in [6.45, 7) is 9.63. The quantitative estimate of drug-likeness (QED) is 0.179. The number of hydrogen-bond acceptors (Lipinski definition) is 2. The molecule has 8 aromatic rings. The first-order valence-electron chi connectivity index (χ1n) is 17.2. The van der Waals surface area contributed by atoms with E-state index in [9.17, 15) is 0 Å². The number of nitrogens with zero attached hydrogens (tertiary/aromatic N) is 3. The molecule has 234 valence electrons. The van der Waals surface area contributed by atoms with Crippen molar-refractivity contribution in [3.8, 4) is 50.7 Å². The average molecular weight is 646 g/mol. The minimum Gasteiger partial charge on any atom is -0.309 e. The third-order valence-electron chi connectivity index (χ3n) is 11.2. The van der Waals surface area contributed by atoms with Gasteiger partial charge in [-0.15, -0.1) is 0 Å². The van der Waals surface area contributed by atoms with Crippen molar-refractivity contribution in [1.82, 2.24) is 14.5 Å². The number of fused-ring (bicyclic) bond motifs is 10. The molecule has 0 unspecified atom stereocenters. The SMILES string of the molecule is CC1(C)c2ccccc2-c2ccc3c4ccccc4n(-c4cccc(-c5nc(-c6ccccc6)c6c(n5)-c5ccccc5[Si]6(C)C)c4)c3c21. The van der Waals surface area contributed by atoms with Gasteiger partial charge in [0.15, 0.2) is 5.82 Å². The monoisotopic (exact) mass is 645 g/mol. The van der Waals surface area contributed by atoms with Crippen molar-refractivity contribution in [2.24, 2.45) is 0 Å². The van der Waals surface area contributed by atoms with E-state index in [-0.39, 0.29) is 5.41 Å². The normalized spacial score (nSPS) is 14.9. The van der Waals surface area contributed by atoms with Crippen LogP contribution in [0.2, 0.25) is 13.1 Å². The van der Waals surface area contributed by atoms with Crippen LogP contribution < -0.4 is 10.4 Å². The van der Waals surface area contributed by atoms with E-state index >= 15 is 0 Å². The lowest BCUT2D eigenvalue weighted by Crippen LogP contribution is -2.50. The summed E-state index contributed by atoms with van der Waals surface area (Å²) in [7, 11) is -2.03. The zero-order valence-corrected chi connectivity index (χ0v) is 29.1. The van der Waals surface area contributed by atoms with E-state index in [0.29, 0.717) is 0 Å². The van der Waals surface area contributed by atoms with Crippen molar-refractivity contribution in [3.05, 3.63) is 151 Å². The van der Waals surface area contributed by atoms with E-state index in [1.807, 2.05) is 0 Å². The number of para-hydroxylation sites is 1. The van der Waals surface area contributed by atoms with Crippen LogP contribution in [0.5, 0.6) is 0 Å². The first-order valence-corrected chi connectivity index (χ1v) is 20.2. The van der Waals surface area contributed by atoms with Gasteiger partial charge in [-0.2, -0.15) is 0 Å². The molecule has 0 amide bonds. The van der Waals surface area contributed by atoms with Crippen LogP contribution in [-0.4, -0.2) is 22.6 Å². The molecule has 1 aliphatic carbocycles. The highest BCUT2D eigenvalue weighted by atomic mass is 28.3. The lowest BCUT2D eigenvalue weighted by atomic mass is 9.81. The van der Waals surface area contributed by atoms with E-state index in [2.05, 4.69) is 171 Å². The lowest BCUT2D eigenvalue weighted by Gasteiger charge is -2.24. The first kappa shape index (κ1) is 28.4. The van der Waals surface area contributed by atoms with Crippen LogP contribution in [-0.2, 0) is 5.41 Å². The van der Waals surface area contributed by atoms with E-state index < -0.39 is 8.07 Å². The van der Waals surface area contributed by atoms with Gasteiger partial charge in [0.25, 0.3) is 0 Å².